The third-order valence-corrected chi connectivity index (χ3v) is 5.88. The summed E-state index contributed by atoms with van der Waals surface area (Å²) in [5.41, 5.74) is 2.64. The van der Waals surface area contributed by atoms with E-state index in [1.807, 2.05) is 4.90 Å². The first-order chi connectivity index (χ1) is 12.2. The Morgan fingerprint density at radius 1 is 1.08 bits per heavy atom. The first-order valence-corrected chi connectivity index (χ1v) is 9.43. The molecule has 0 radical (unpaired) electrons. The number of nitrogens with zero attached hydrogens (tertiary/aromatic N) is 2. The van der Waals surface area contributed by atoms with Gasteiger partial charge in [-0.15, -0.1) is 0 Å². The Kier molecular flexibility index (Phi) is 5.06. The number of hydrogen-bond donors (Lipinski definition) is 0. The van der Waals surface area contributed by atoms with Gasteiger partial charge in [0.1, 0.15) is 0 Å². The van der Waals surface area contributed by atoms with Crippen LogP contribution >= 0.6 is 0 Å². The molecule has 5 nitrogen and oxygen atoms in total. The smallest absolute Gasteiger partial charge is 0.228 e. The molecule has 4 rings (SSSR count). The third kappa shape index (κ3) is 3.73. The normalized spacial score (nSPS) is 30.3. The highest BCUT2D eigenvalue weighted by Gasteiger charge is 2.45. The number of morpholine rings is 1. The Morgan fingerprint density at radius 2 is 1.84 bits per heavy atom. The molecule has 1 aromatic carbocycles. The lowest BCUT2D eigenvalue weighted by molar-refractivity contribution is -0.148. The van der Waals surface area contributed by atoms with Crippen LogP contribution in [0.3, 0.4) is 0 Å². The Morgan fingerprint density at radius 3 is 2.60 bits per heavy atom. The number of likely N-dealkylation sites (tertiary alicyclic amines) is 1. The fourth-order valence-electron chi connectivity index (χ4n) is 4.44. The zero-order valence-electron chi connectivity index (χ0n) is 15.0. The topological polar surface area (TPSA) is 42.0 Å². The molecular weight excluding hydrogens is 316 g/mol. The summed E-state index contributed by atoms with van der Waals surface area (Å²) in [4.78, 5) is 17.4. The van der Waals surface area contributed by atoms with E-state index in [2.05, 4.69) is 36.1 Å². The Balaban J connectivity index is 1.41. The molecule has 1 aromatic rings. The number of fused-ring (bicyclic) bond motifs is 1. The molecule has 1 amide bonds. The largest absolute Gasteiger partial charge is 0.380 e. The highest BCUT2D eigenvalue weighted by atomic mass is 16.5. The second kappa shape index (κ2) is 7.44. The average molecular weight is 344 g/mol. The second-order valence-electron chi connectivity index (χ2n) is 7.69. The number of ether oxygens (including phenoxy) is 2. The SMILES string of the molecule is Cc1ccc(CN2C[C@@H]3COC[C@@H](C(=O)N4CCOCC4)[C@@H]3C2)cc1. The van der Waals surface area contributed by atoms with Crippen LogP contribution < -0.4 is 0 Å². The number of amides is 1. The van der Waals surface area contributed by atoms with E-state index in [4.69, 9.17) is 9.47 Å². The van der Waals surface area contributed by atoms with Crippen molar-refractivity contribution < 1.29 is 14.3 Å². The summed E-state index contributed by atoms with van der Waals surface area (Å²) in [5, 5.41) is 0. The Hall–Kier alpha value is -1.43. The third-order valence-electron chi connectivity index (χ3n) is 5.88. The van der Waals surface area contributed by atoms with Gasteiger partial charge in [0, 0.05) is 32.7 Å². The van der Waals surface area contributed by atoms with Crippen LogP contribution in [0.4, 0.5) is 0 Å². The maximum atomic E-state index is 13.0. The van der Waals surface area contributed by atoms with E-state index < -0.39 is 0 Å². The molecule has 0 unspecified atom stereocenters. The van der Waals surface area contributed by atoms with Crippen molar-refractivity contribution >= 4 is 5.91 Å². The lowest BCUT2D eigenvalue weighted by Crippen LogP contribution is -2.49. The van der Waals surface area contributed by atoms with Crippen LogP contribution in [0.1, 0.15) is 11.1 Å². The Bertz CT molecular complexity index is 597. The fourth-order valence-corrected chi connectivity index (χ4v) is 4.44. The molecule has 3 aliphatic heterocycles. The lowest BCUT2D eigenvalue weighted by Gasteiger charge is -2.36. The van der Waals surface area contributed by atoms with Crippen LogP contribution in [0.25, 0.3) is 0 Å². The molecule has 3 heterocycles. The summed E-state index contributed by atoms with van der Waals surface area (Å²) in [6.07, 6.45) is 0. The molecule has 0 bridgehead atoms. The van der Waals surface area contributed by atoms with Gasteiger partial charge >= 0.3 is 0 Å². The summed E-state index contributed by atoms with van der Waals surface area (Å²) >= 11 is 0. The molecule has 3 saturated heterocycles. The van der Waals surface area contributed by atoms with E-state index >= 15 is 0 Å². The minimum absolute atomic E-state index is 0.0138. The van der Waals surface area contributed by atoms with E-state index in [1.165, 1.54) is 11.1 Å². The van der Waals surface area contributed by atoms with Crippen molar-refractivity contribution in [2.75, 3.05) is 52.6 Å². The van der Waals surface area contributed by atoms with E-state index in [0.29, 0.717) is 31.7 Å². The fraction of sp³-hybridized carbons (Fsp3) is 0.650. The first kappa shape index (κ1) is 17.0. The van der Waals surface area contributed by atoms with E-state index in [1.54, 1.807) is 0 Å². The molecule has 25 heavy (non-hydrogen) atoms. The van der Waals surface area contributed by atoms with Crippen molar-refractivity contribution in [1.29, 1.82) is 0 Å². The van der Waals surface area contributed by atoms with Gasteiger partial charge in [0.25, 0.3) is 0 Å². The van der Waals surface area contributed by atoms with Crippen molar-refractivity contribution in [2.45, 2.75) is 13.5 Å². The zero-order chi connectivity index (χ0) is 17.2. The minimum atomic E-state index is 0.0138. The van der Waals surface area contributed by atoms with Crippen LogP contribution in [-0.4, -0.2) is 68.3 Å². The van der Waals surface area contributed by atoms with Gasteiger partial charge in [0.05, 0.1) is 32.3 Å². The van der Waals surface area contributed by atoms with Crippen LogP contribution in [0.2, 0.25) is 0 Å². The maximum Gasteiger partial charge on any atom is 0.228 e. The van der Waals surface area contributed by atoms with Gasteiger partial charge in [0.15, 0.2) is 0 Å². The maximum absolute atomic E-state index is 13.0. The average Bonchev–Trinajstić information content (AvgIpc) is 3.06. The van der Waals surface area contributed by atoms with Gasteiger partial charge in [-0.3, -0.25) is 9.69 Å². The minimum Gasteiger partial charge on any atom is -0.380 e. The van der Waals surface area contributed by atoms with Gasteiger partial charge in [-0.05, 0) is 24.3 Å². The van der Waals surface area contributed by atoms with Crippen molar-refractivity contribution in [2.24, 2.45) is 17.8 Å². The van der Waals surface area contributed by atoms with Crippen molar-refractivity contribution in [3.8, 4) is 0 Å². The number of carbonyl (C=O) groups excluding carboxylic acids is 1. The second-order valence-corrected chi connectivity index (χ2v) is 7.69. The van der Waals surface area contributed by atoms with Crippen molar-refractivity contribution in [1.82, 2.24) is 9.80 Å². The molecule has 3 atom stereocenters. The van der Waals surface area contributed by atoms with E-state index in [-0.39, 0.29) is 11.8 Å². The number of carbonyl (C=O) groups is 1. The van der Waals surface area contributed by atoms with Crippen LogP contribution in [0.15, 0.2) is 24.3 Å². The summed E-state index contributed by atoms with van der Waals surface area (Å²) < 4.78 is 11.2. The quantitative estimate of drug-likeness (QED) is 0.834. The molecule has 0 saturated carbocycles. The summed E-state index contributed by atoms with van der Waals surface area (Å²) in [7, 11) is 0. The number of aryl methyl sites for hydroxylation is 1. The number of hydrogen-bond acceptors (Lipinski definition) is 4. The van der Waals surface area contributed by atoms with Crippen LogP contribution in [-0.2, 0) is 20.8 Å². The molecular formula is C20H28N2O3. The van der Waals surface area contributed by atoms with E-state index in [9.17, 15) is 4.79 Å². The summed E-state index contributed by atoms with van der Waals surface area (Å²) in [6.45, 7) is 9.25. The summed E-state index contributed by atoms with van der Waals surface area (Å²) in [6, 6.07) is 8.77. The van der Waals surface area contributed by atoms with Gasteiger partial charge in [-0.1, -0.05) is 29.8 Å². The van der Waals surface area contributed by atoms with Crippen LogP contribution in [0.5, 0.6) is 0 Å². The summed E-state index contributed by atoms with van der Waals surface area (Å²) in [5.74, 6) is 1.19. The first-order valence-electron chi connectivity index (χ1n) is 9.43. The molecule has 5 heteroatoms. The van der Waals surface area contributed by atoms with Gasteiger partial charge < -0.3 is 14.4 Å². The monoisotopic (exact) mass is 344 g/mol. The zero-order valence-corrected chi connectivity index (χ0v) is 15.0. The number of benzene rings is 1. The molecule has 3 fully saturated rings. The number of rotatable bonds is 3. The van der Waals surface area contributed by atoms with Gasteiger partial charge in [-0.25, -0.2) is 0 Å². The molecule has 136 valence electrons. The molecule has 0 N–H and O–H groups in total. The van der Waals surface area contributed by atoms with Crippen molar-refractivity contribution in [3.63, 3.8) is 0 Å². The molecule has 3 aliphatic rings. The van der Waals surface area contributed by atoms with E-state index in [0.717, 1.165) is 39.3 Å². The molecule has 0 aromatic heterocycles. The molecule has 0 aliphatic carbocycles. The van der Waals surface area contributed by atoms with Gasteiger partial charge in [0.2, 0.25) is 5.91 Å². The Labute approximate surface area is 149 Å². The highest BCUT2D eigenvalue weighted by molar-refractivity contribution is 5.79. The van der Waals surface area contributed by atoms with Gasteiger partial charge in [-0.2, -0.15) is 0 Å². The predicted octanol–water partition coefficient (Wildman–Crippen LogP) is 1.55. The lowest BCUT2D eigenvalue weighted by atomic mass is 9.82. The predicted molar refractivity (Wildman–Crippen MR) is 95.1 cm³/mol. The highest BCUT2D eigenvalue weighted by Crippen LogP contribution is 2.35. The van der Waals surface area contributed by atoms with Crippen molar-refractivity contribution in [3.05, 3.63) is 35.4 Å². The van der Waals surface area contributed by atoms with Crippen LogP contribution in [0, 0.1) is 24.7 Å². The standard InChI is InChI=1S/C20H28N2O3/c1-15-2-4-16(5-3-15)10-21-11-17-13-25-14-19(18(17)12-21)20(23)22-6-8-24-9-7-22/h2-5,17-19H,6-14H2,1H3/t17-,18-,19-/m1/s1. The molecule has 0 spiro atoms.